The first kappa shape index (κ1) is 14.9. The van der Waals surface area contributed by atoms with E-state index in [0.29, 0.717) is 12.3 Å². The van der Waals surface area contributed by atoms with Crippen molar-refractivity contribution in [2.24, 2.45) is 0 Å². The lowest BCUT2D eigenvalue weighted by molar-refractivity contribution is 0.238. The van der Waals surface area contributed by atoms with Crippen LogP contribution in [0.15, 0.2) is 24.3 Å². The number of nitrogens with one attached hydrogen (secondary N) is 1. The highest BCUT2D eigenvalue weighted by molar-refractivity contribution is 5.31. The Morgan fingerprint density at radius 3 is 2.38 bits per heavy atom. The molecule has 0 saturated carbocycles. The largest absolute Gasteiger partial charge is 0.508 e. The van der Waals surface area contributed by atoms with E-state index < -0.39 is 0 Å². The minimum atomic E-state index is 0.106. The predicted molar refractivity (Wildman–Crippen MR) is 67.5 cm³/mol. The van der Waals surface area contributed by atoms with Crippen LogP contribution in [0.3, 0.4) is 0 Å². The standard InChI is InChI=1S/C11H17NO2.C2H6/c1-2-10(8-13)12-7-9-5-3-4-6-11(9)14;1-2/h3-6,10,12-14H,2,7-8H2,1H3;1-2H3. The van der Waals surface area contributed by atoms with Crippen LogP contribution in [0.1, 0.15) is 32.8 Å². The van der Waals surface area contributed by atoms with E-state index in [0.717, 1.165) is 12.0 Å². The fourth-order valence-corrected chi connectivity index (χ4v) is 1.25. The lowest BCUT2D eigenvalue weighted by atomic mass is 10.1. The van der Waals surface area contributed by atoms with Crippen molar-refractivity contribution in [3.05, 3.63) is 29.8 Å². The molecule has 0 spiro atoms. The third kappa shape index (κ3) is 5.14. The third-order valence-electron chi connectivity index (χ3n) is 2.29. The zero-order valence-electron chi connectivity index (χ0n) is 10.4. The van der Waals surface area contributed by atoms with Gasteiger partial charge in [-0.1, -0.05) is 39.0 Å². The molecule has 0 amide bonds. The van der Waals surface area contributed by atoms with E-state index in [1.165, 1.54) is 0 Å². The molecule has 3 N–H and O–H groups in total. The second-order valence-corrected chi connectivity index (χ2v) is 3.30. The Balaban J connectivity index is 0.00000106. The molecule has 0 aliphatic rings. The Labute approximate surface area is 98.1 Å². The van der Waals surface area contributed by atoms with Gasteiger partial charge in [0.05, 0.1) is 6.61 Å². The fourth-order valence-electron chi connectivity index (χ4n) is 1.25. The monoisotopic (exact) mass is 225 g/mol. The van der Waals surface area contributed by atoms with E-state index in [1.54, 1.807) is 12.1 Å². The van der Waals surface area contributed by atoms with Crippen LogP contribution in [-0.4, -0.2) is 22.9 Å². The minimum absolute atomic E-state index is 0.106. The summed E-state index contributed by atoms with van der Waals surface area (Å²) in [6.07, 6.45) is 0.879. The molecule has 1 rings (SSSR count). The quantitative estimate of drug-likeness (QED) is 0.720. The van der Waals surface area contributed by atoms with Gasteiger partial charge in [-0.15, -0.1) is 0 Å². The summed E-state index contributed by atoms with van der Waals surface area (Å²) in [6, 6.07) is 7.32. The summed E-state index contributed by atoms with van der Waals surface area (Å²) in [4.78, 5) is 0. The van der Waals surface area contributed by atoms with E-state index in [-0.39, 0.29) is 12.6 Å². The summed E-state index contributed by atoms with van der Waals surface area (Å²) in [6.45, 7) is 6.73. The molecule has 0 fully saturated rings. The van der Waals surface area contributed by atoms with Crippen molar-refractivity contribution in [1.29, 1.82) is 0 Å². The number of phenolic OH excluding ortho intramolecular Hbond substituents is 1. The Morgan fingerprint density at radius 2 is 1.88 bits per heavy atom. The van der Waals surface area contributed by atoms with Gasteiger partial charge in [-0.25, -0.2) is 0 Å². The second-order valence-electron chi connectivity index (χ2n) is 3.30. The van der Waals surface area contributed by atoms with Gasteiger partial charge >= 0.3 is 0 Å². The number of para-hydroxylation sites is 1. The van der Waals surface area contributed by atoms with Crippen molar-refractivity contribution >= 4 is 0 Å². The Hall–Kier alpha value is -1.06. The van der Waals surface area contributed by atoms with E-state index in [2.05, 4.69) is 5.32 Å². The second kappa shape index (κ2) is 9.19. The minimum Gasteiger partial charge on any atom is -0.508 e. The van der Waals surface area contributed by atoms with Crippen LogP contribution < -0.4 is 5.32 Å². The van der Waals surface area contributed by atoms with Crippen LogP contribution in [0.5, 0.6) is 5.75 Å². The van der Waals surface area contributed by atoms with E-state index in [1.807, 2.05) is 32.9 Å². The lowest BCUT2D eigenvalue weighted by Crippen LogP contribution is -2.31. The predicted octanol–water partition coefficient (Wildman–Crippen LogP) is 2.28. The van der Waals surface area contributed by atoms with Crippen molar-refractivity contribution in [3.63, 3.8) is 0 Å². The van der Waals surface area contributed by atoms with E-state index >= 15 is 0 Å². The summed E-state index contributed by atoms with van der Waals surface area (Å²) >= 11 is 0. The molecule has 3 nitrogen and oxygen atoms in total. The number of aromatic hydroxyl groups is 1. The molecule has 0 saturated heterocycles. The van der Waals surface area contributed by atoms with Crippen molar-refractivity contribution in [1.82, 2.24) is 5.32 Å². The number of phenols is 1. The smallest absolute Gasteiger partial charge is 0.120 e. The molecule has 0 heterocycles. The van der Waals surface area contributed by atoms with Crippen molar-refractivity contribution in [3.8, 4) is 5.75 Å². The highest BCUT2D eigenvalue weighted by atomic mass is 16.3. The number of hydrogen-bond donors (Lipinski definition) is 3. The molecule has 3 heteroatoms. The summed E-state index contributed by atoms with van der Waals surface area (Å²) in [5.41, 5.74) is 0.861. The third-order valence-corrected chi connectivity index (χ3v) is 2.29. The van der Waals surface area contributed by atoms with Crippen LogP contribution in [0, 0.1) is 0 Å². The normalized spacial score (nSPS) is 11.5. The molecule has 0 aromatic heterocycles. The summed E-state index contributed by atoms with van der Waals surface area (Å²) in [7, 11) is 0. The van der Waals surface area contributed by atoms with Gasteiger partial charge in [-0.3, -0.25) is 0 Å². The molecule has 0 aliphatic carbocycles. The Kier molecular flexibility index (Phi) is 8.58. The molecule has 1 atom stereocenters. The number of rotatable bonds is 5. The molecular formula is C13H23NO2. The summed E-state index contributed by atoms with van der Waals surface area (Å²) in [5.74, 6) is 0.299. The van der Waals surface area contributed by atoms with Crippen LogP contribution in [0.4, 0.5) is 0 Å². The number of benzene rings is 1. The first-order valence-electron chi connectivity index (χ1n) is 5.89. The maximum Gasteiger partial charge on any atom is 0.120 e. The van der Waals surface area contributed by atoms with Crippen molar-refractivity contribution in [2.45, 2.75) is 39.8 Å². The van der Waals surface area contributed by atoms with Gasteiger partial charge in [0.25, 0.3) is 0 Å². The van der Waals surface area contributed by atoms with Gasteiger partial charge in [0, 0.05) is 18.2 Å². The molecule has 1 aromatic rings. The van der Waals surface area contributed by atoms with Gasteiger partial charge in [-0.05, 0) is 12.5 Å². The highest BCUT2D eigenvalue weighted by Crippen LogP contribution is 2.15. The average molecular weight is 225 g/mol. The molecule has 92 valence electrons. The lowest BCUT2D eigenvalue weighted by Gasteiger charge is -2.14. The Bertz CT molecular complexity index is 272. The fraction of sp³-hybridized carbons (Fsp3) is 0.538. The van der Waals surface area contributed by atoms with Crippen LogP contribution in [-0.2, 0) is 6.54 Å². The number of aliphatic hydroxyl groups is 1. The molecule has 1 aromatic carbocycles. The molecule has 1 unspecified atom stereocenters. The first-order valence-corrected chi connectivity index (χ1v) is 5.89. The molecular weight excluding hydrogens is 202 g/mol. The zero-order valence-corrected chi connectivity index (χ0v) is 10.4. The average Bonchev–Trinajstić information content (AvgIpc) is 2.35. The number of aliphatic hydroxyl groups excluding tert-OH is 1. The maximum atomic E-state index is 9.47. The van der Waals surface area contributed by atoms with Gasteiger partial charge < -0.3 is 15.5 Å². The maximum absolute atomic E-state index is 9.47. The van der Waals surface area contributed by atoms with Gasteiger partial charge in [0.2, 0.25) is 0 Å². The van der Waals surface area contributed by atoms with Gasteiger partial charge in [0.1, 0.15) is 5.75 Å². The first-order chi connectivity index (χ1) is 7.77. The van der Waals surface area contributed by atoms with Gasteiger partial charge in [-0.2, -0.15) is 0 Å². The molecule has 0 radical (unpaired) electrons. The highest BCUT2D eigenvalue weighted by Gasteiger charge is 2.04. The Morgan fingerprint density at radius 1 is 1.25 bits per heavy atom. The molecule has 0 aliphatic heterocycles. The SMILES string of the molecule is CC.CCC(CO)NCc1ccccc1O. The van der Waals surface area contributed by atoms with Crippen molar-refractivity contribution in [2.75, 3.05) is 6.61 Å². The van der Waals surface area contributed by atoms with Crippen LogP contribution >= 0.6 is 0 Å². The zero-order chi connectivity index (χ0) is 12.4. The molecule has 0 bridgehead atoms. The van der Waals surface area contributed by atoms with E-state index in [4.69, 9.17) is 5.11 Å². The van der Waals surface area contributed by atoms with Crippen LogP contribution in [0.25, 0.3) is 0 Å². The van der Waals surface area contributed by atoms with E-state index in [9.17, 15) is 5.11 Å². The van der Waals surface area contributed by atoms with Gasteiger partial charge in [0.15, 0.2) is 0 Å². The summed E-state index contributed by atoms with van der Waals surface area (Å²) < 4.78 is 0. The van der Waals surface area contributed by atoms with Crippen LogP contribution in [0.2, 0.25) is 0 Å². The molecule has 16 heavy (non-hydrogen) atoms. The van der Waals surface area contributed by atoms with Crippen molar-refractivity contribution < 1.29 is 10.2 Å². The number of hydrogen-bond acceptors (Lipinski definition) is 3. The topological polar surface area (TPSA) is 52.5 Å². The summed E-state index contributed by atoms with van der Waals surface area (Å²) in [5, 5.41) is 21.6.